The van der Waals surface area contributed by atoms with E-state index in [1.54, 1.807) is 6.08 Å². The fraction of sp³-hybridized carbons (Fsp3) is 0.167. The highest BCUT2D eigenvalue weighted by atomic mass is 32.2. The molecular weight excluding hydrogens is 382 g/mol. The Labute approximate surface area is 177 Å². The number of allylic oxidation sites excluding steroid dienone is 1. The van der Waals surface area contributed by atoms with Gasteiger partial charge in [0.25, 0.3) is 0 Å². The molecule has 28 heavy (non-hydrogen) atoms. The van der Waals surface area contributed by atoms with Gasteiger partial charge in [-0.05, 0) is 35.7 Å². The summed E-state index contributed by atoms with van der Waals surface area (Å²) in [5.41, 5.74) is 2.10. The van der Waals surface area contributed by atoms with Crippen molar-refractivity contribution in [3.8, 4) is 0 Å². The average Bonchev–Trinajstić information content (AvgIpc) is 2.73. The smallest absolute Gasteiger partial charge is 0.233 e. The molecule has 0 heterocycles. The molecule has 144 valence electrons. The summed E-state index contributed by atoms with van der Waals surface area (Å²) < 4.78 is 0.744. The Kier molecular flexibility index (Phi) is 8.92. The molecule has 0 aliphatic heterocycles. The first-order valence-corrected chi connectivity index (χ1v) is 10.4. The first-order valence-electron chi connectivity index (χ1n) is 9.14. The van der Waals surface area contributed by atoms with E-state index in [1.165, 1.54) is 22.5 Å². The van der Waals surface area contributed by atoms with Gasteiger partial charge in [0.2, 0.25) is 5.91 Å². The molecule has 0 aliphatic rings. The Hall–Kier alpha value is -2.43. The van der Waals surface area contributed by atoms with Gasteiger partial charge in [-0.3, -0.25) is 4.79 Å². The van der Waals surface area contributed by atoms with Crippen molar-refractivity contribution in [2.24, 2.45) is 0 Å². The average molecular weight is 408 g/mol. The van der Waals surface area contributed by atoms with E-state index in [-0.39, 0.29) is 11.2 Å². The number of carbonyl (C=O) groups excluding carboxylic acids is 1. The van der Waals surface area contributed by atoms with Gasteiger partial charge in [0.05, 0.1) is 9.45 Å². The molecule has 0 saturated heterocycles. The zero-order valence-corrected chi connectivity index (χ0v) is 17.9. The zero-order valence-electron chi connectivity index (χ0n) is 16.2. The predicted molar refractivity (Wildman–Crippen MR) is 127 cm³/mol. The largest absolute Gasteiger partial charge is 0.351 e. The van der Waals surface area contributed by atoms with E-state index < -0.39 is 0 Å². The molecule has 0 aliphatic carbocycles. The summed E-state index contributed by atoms with van der Waals surface area (Å²) in [7, 11) is 0. The molecule has 1 amide bonds. The first kappa shape index (κ1) is 21.9. The van der Waals surface area contributed by atoms with Crippen LogP contribution in [-0.4, -0.2) is 15.4 Å². The van der Waals surface area contributed by atoms with Gasteiger partial charge in [-0.15, -0.1) is 18.3 Å². The molecule has 1 N–H and O–H groups in total. The molecule has 0 saturated carbocycles. The third-order valence-electron chi connectivity index (χ3n) is 4.00. The second-order valence-corrected chi connectivity index (χ2v) is 8.20. The number of amides is 1. The van der Waals surface area contributed by atoms with E-state index in [4.69, 9.17) is 12.2 Å². The van der Waals surface area contributed by atoms with Crippen molar-refractivity contribution in [3.63, 3.8) is 0 Å². The molecule has 3 aromatic carbocycles. The van der Waals surface area contributed by atoms with Crippen LogP contribution in [0.25, 0.3) is 10.8 Å². The van der Waals surface area contributed by atoms with Crippen LogP contribution >= 0.6 is 24.0 Å². The maximum Gasteiger partial charge on any atom is 0.233 e. The van der Waals surface area contributed by atoms with Gasteiger partial charge in [-0.2, -0.15) is 0 Å². The number of benzene rings is 3. The SMILES string of the molecule is C=CC.CC(SC(=S)c1ccccc1)C(=O)NCc1cccc2ccccc12. The standard InChI is InChI=1S/C21H19NOS2.C3H6/c1-15(25-21(24)17-9-3-2-4-10-17)20(23)22-14-18-12-7-11-16-8-5-6-13-19(16)18;1-3-2/h2-13,15H,14H2,1H3,(H,22,23);3H,1H2,2H3. The highest BCUT2D eigenvalue weighted by Gasteiger charge is 2.16. The molecule has 3 rings (SSSR count). The zero-order chi connectivity index (χ0) is 20.4. The van der Waals surface area contributed by atoms with Gasteiger partial charge < -0.3 is 5.32 Å². The molecule has 1 unspecified atom stereocenters. The summed E-state index contributed by atoms with van der Waals surface area (Å²) in [6, 6.07) is 24.2. The van der Waals surface area contributed by atoms with E-state index >= 15 is 0 Å². The van der Waals surface area contributed by atoms with Crippen LogP contribution in [-0.2, 0) is 11.3 Å². The number of hydrogen-bond acceptors (Lipinski definition) is 3. The quantitative estimate of drug-likeness (QED) is 0.406. The molecule has 0 radical (unpaired) electrons. The van der Waals surface area contributed by atoms with Crippen LogP contribution in [0.3, 0.4) is 0 Å². The van der Waals surface area contributed by atoms with Crippen LogP contribution in [0.1, 0.15) is 25.0 Å². The second kappa shape index (κ2) is 11.4. The number of thiocarbonyl (C=S) groups is 1. The number of rotatable bonds is 5. The summed E-state index contributed by atoms with van der Waals surface area (Å²) in [6.07, 6.45) is 1.75. The minimum absolute atomic E-state index is 0.00350. The van der Waals surface area contributed by atoms with Crippen LogP contribution < -0.4 is 5.32 Å². The first-order chi connectivity index (χ1) is 13.6. The van der Waals surface area contributed by atoms with Crippen LogP contribution in [0.4, 0.5) is 0 Å². The van der Waals surface area contributed by atoms with E-state index in [0.29, 0.717) is 6.54 Å². The topological polar surface area (TPSA) is 29.1 Å². The Morgan fingerprint density at radius 3 is 2.39 bits per heavy atom. The number of fused-ring (bicyclic) bond motifs is 1. The summed E-state index contributed by atoms with van der Waals surface area (Å²) in [5, 5.41) is 5.15. The number of hydrogen-bond donors (Lipinski definition) is 1. The van der Waals surface area contributed by atoms with Gasteiger partial charge in [0, 0.05) is 6.54 Å². The maximum atomic E-state index is 12.4. The predicted octanol–water partition coefficient (Wildman–Crippen LogP) is 6.15. The third-order valence-corrected chi connectivity index (χ3v) is 5.54. The molecule has 2 nitrogen and oxygen atoms in total. The molecule has 1 atom stereocenters. The molecule has 0 spiro atoms. The number of nitrogens with one attached hydrogen (secondary N) is 1. The Bertz CT molecular complexity index is 932. The highest BCUT2D eigenvalue weighted by molar-refractivity contribution is 8.24. The van der Waals surface area contributed by atoms with Crippen molar-refractivity contribution in [2.45, 2.75) is 25.6 Å². The van der Waals surface area contributed by atoms with Gasteiger partial charge >= 0.3 is 0 Å². The second-order valence-electron chi connectivity index (χ2n) is 6.18. The van der Waals surface area contributed by atoms with Crippen LogP contribution in [0.5, 0.6) is 0 Å². The van der Waals surface area contributed by atoms with Gasteiger partial charge in [0.1, 0.15) is 0 Å². The summed E-state index contributed by atoms with van der Waals surface area (Å²) in [4.78, 5) is 12.4. The lowest BCUT2D eigenvalue weighted by Gasteiger charge is -2.13. The lowest BCUT2D eigenvalue weighted by Crippen LogP contribution is -2.31. The van der Waals surface area contributed by atoms with Gasteiger partial charge in [-0.25, -0.2) is 0 Å². The molecular formula is C24H25NOS2. The maximum absolute atomic E-state index is 12.4. The van der Waals surface area contributed by atoms with Crippen molar-refractivity contribution in [2.75, 3.05) is 0 Å². The van der Waals surface area contributed by atoms with Crippen molar-refractivity contribution >= 4 is 44.9 Å². The monoisotopic (exact) mass is 407 g/mol. The minimum atomic E-state index is -0.234. The molecule has 0 bridgehead atoms. The molecule has 0 fully saturated rings. The molecule has 3 aromatic rings. The van der Waals surface area contributed by atoms with Gasteiger partial charge in [-0.1, -0.05) is 91.1 Å². The third kappa shape index (κ3) is 6.32. The Balaban J connectivity index is 0.000000878. The van der Waals surface area contributed by atoms with E-state index in [9.17, 15) is 4.79 Å². The van der Waals surface area contributed by atoms with E-state index in [1.807, 2.05) is 62.4 Å². The summed E-state index contributed by atoms with van der Waals surface area (Å²) >= 11 is 6.86. The van der Waals surface area contributed by atoms with Crippen LogP contribution in [0, 0.1) is 0 Å². The highest BCUT2D eigenvalue weighted by Crippen LogP contribution is 2.21. The Morgan fingerprint density at radius 2 is 1.68 bits per heavy atom. The summed E-state index contributed by atoms with van der Waals surface area (Å²) in [6.45, 7) is 7.65. The van der Waals surface area contributed by atoms with E-state index in [2.05, 4.69) is 36.2 Å². The van der Waals surface area contributed by atoms with Gasteiger partial charge in [0.15, 0.2) is 0 Å². The Morgan fingerprint density at radius 1 is 1.07 bits per heavy atom. The van der Waals surface area contributed by atoms with Crippen molar-refractivity contribution in [3.05, 3.63) is 96.6 Å². The van der Waals surface area contributed by atoms with Crippen LogP contribution in [0.15, 0.2) is 85.5 Å². The normalized spacial score (nSPS) is 11.1. The van der Waals surface area contributed by atoms with Crippen molar-refractivity contribution in [1.82, 2.24) is 5.32 Å². The molecule has 0 aromatic heterocycles. The summed E-state index contributed by atoms with van der Waals surface area (Å²) in [5.74, 6) is -0.00350. The minimum Gasteiger partial charge on any atom is -0.351 e. The lowest BCUT2D eigenvalue weighted by molar-refractivity contribution is -0.120. The van der Waals surface area contributed by atoms with Crippen molar-refractivity contribution in [1.29, 1.82) is 0 Å². The molecule has 4 heteroatoms. The van der Waals surface area contributed by atoms with E-state index in [0.717, 1.165) is 15.3 Å². The number of carbonyl (C=O) groups is 1. The van der Waals surface area contributed by atoms with Crippen molar-refractivity contribution < 1.29 is 4.79 Å². The number of thioether (sulfide) groups is 1. The fourth-order valence-electron chi connectivity index (χ4n) is 2.63. The fourth-order valence-corrected chi connectivity index (χ4v) is 3.98. The lowest BCUT2D eigenvalue weighted by atomic mass is 10.0. The van der Waals surface area contributed by atoms with Crippen LogP contribution in [0.2, 0.25) is 0 Å².